The van der Waals surface area contributed by atoms with E-state index >= 15 is 0 Å². The van der Waals surface area contributed by atoms with Crippen LogP contribution in [0.3, 0.4) is 0 Å². The van der Waals surface area contributed by atoms with Crippen molar-refractivity contribution in [2.24, 2.45) is 5.92 Å². The first-order valence-electron chi connectivity index (χ1n) is 6.38. The van der Waals surface area contributed by atoms with Crippen molar-refractivity contribution < 1.29 is 14.7 Å². The third kappa shape index (κ3) is 5.16. The predicted octanol–water partition coefficient (Wildman–Crippen LogP) is 1.63. The fourth-order valence-electron chi connectivity index (χ4n) is 1.84. The number of amides is 2. The van der Waals surface area contributed by atoms with Crippen LogP contribution in [0.5, 0.6) is 0 Å². The second kappa shape index (κ2) is 7.51. The SMILES string of the molecule is CC1CN(C(=O)NCCCC(C)C(=O)O)CCS1. The van der Waals surface area contributed by atoms with E-state index in [1.165, 1.54) is 0 Å². The van der Waals surface area contributed by atoms with E-state index in [0.717, 1.165) is 18.8 Å². The number of rotatable bonds is 5. The molecule has 0 bridgehead atoms. The minimum Gasteiger partial charge on any atom is -0.481 e. The molecule has 2 atom stereocenters. The van der Waals surface area contributed by atoms with Crippen LogP contribution in [0.15, 0.2) is 0 Å². The number of carboxylic acid groups (broad SMARTS) is 1. The van der Waals surface area contributed by atoms with Gasteiger partial charge >= 0.3 is 12.0 Å². The number of hydrogen-bond acceptors (Lipinski definition) is 3. The van der Waals surface area contributed by atoms with Crippen LogP contribution in [0.1, 0.15) is 26.7 Å². The monoisotopic (exact) mass is 274 g/mol. The number of hydrogen-bond donors (Lipinski definition) is 2. The van der Waals surface area contributed by atoms with Crippen LogP contribution in [0.25, 0.3) is 0 Å². The Hall–Kier alpha value is -0.910. The Labute approximate surface area is 112 Å². The number of aliphatic carboxylic acids is 1. The molecule has 0 aromatic rings. The second-order valence-corrected chi connectivity index (χ2v) is 6.29. The molecular formula is C12H22N2O3S. The van der Waals surface area contributed by atoms with Gasteiger partial charge in [0.1, 0.15) is 0 Å². The fourth-order valence-corrected chi connectivity index (χ4v) is 2.86. The van der Waals surface area contributed by atoms with Crippen molar-refractivity contribution in [3.8, 4) is 0 Å². The number of carboxylic acids is 1. The quantitative estimate of drug-likeness (QED) is 0.748. The first-order chi connectivity index (χ1) is 8.50. The highest BCUT2D eigenvalue weighted by molar-refractivity contribution is 7.99. The Morgan fingerprint density at radius 2 is 2.28 bits per heavy atom. The summed E-state index contributed by atoms with van der Waals surface area (Å²) in [5.41, 5.74) is 0. The Bertz CT molecular complexity index is 299. The first kappa shape index (κ1) is 15.1. The number of carbonyl (C=O) groups is 2. The zero-order valence-corrected chi connectivity index (χ0v) is 11.8. The Kier molecular flexibility index (Phi) is 6.32. The number of carbonyl (C=O) groups excluding carboxylic acids is 1. The van der Waals surface area contributed by atoms with Crippen LogP contribution < -0.4 is 5.32 Å². The third-order valence-electron chi connectivity index (χ3n) is 3.04. The molecule has 0 radical (unpaired) electrons. The normalized spacial score (nSPS) is 21.4. The summed E-state index contributed by atoms with van der Waals surface area (Å²) in [4.78, 5) is 24.3. The molecule has 2 unspecified atom stereocenters. The van der Waals surface area contributed by atoms with Crippen LogP contribution in [0, 0.1) is 5.92 Å². The van der Waals surface area contributed by atoms with E-state index in [0.29, 0.717) is 24.6 Å². The van der Waals surface area contributed by atoms with Crippen LogP contribution in [-0.2, 0) is 4.79 Å². The lowest BCUT2D eigenvalue weighted by Gasteiger charge is -2.30. The van der Waals surface area contributed by atoms with Crippen LogP contribution in [0.4, 0.5) is 4.79 Å². The number of thioether (sulfide) groups is 1. The maximum absolute atomic E-state index is 11.8. The lowest BCUT2D eigenvalue weighted by atomic mass is 10.1. The minimum atomic E-state index is -0.775. The predicted molar refractivity (Wildman–Crippen MR) is 72.9 cm³/mol. The van der Waals surface area contributed by atoms with Gasteiger partial charge in [-0.05, 0) is 12.8 Å². The Morgan fingerprint density at radius 3 is 2.89 bits per heavy atom. The van der Waals surface area contributed by atoms with Crippen molar-refractivity contribution in [1.82, 2.24) is 10.2 Å². The third-order valence-corrected chi connectivity index (χ3v) is 4.18. The minimum absolute atomic E-state index is 0.0230. The molecule has 1 saturated heterocycles. The van der Waals surface area contributed by atoms with Gasteiger partial charge in [0.15, 0.2) is 0 Å². The molecule has 6 heteroatoms. The van der Waals surface area contributed by atoms with Crippen molar-refractivity contribution in [3.63, 3.8) is 0 Å². The molecule has 2 N–H and O–H groups in total. The van der Waals surface area contributed by atoms with Crippen LogP contribution in [0.2, 0.25) is 0 Å². The smallest absolute Gasteiger partial charge is 0.317 e. The van der Waals surface area contributed by atoms with Crippen molar-refractivity contribution in [2.45, 2.75) is 31.9 Å². The lowest BCUT2D eigenvalue weighted by Crippen LogP contribution is -2.46. The second-order valence-electron chi connectivity index (χ2n) is 4.74. The summed E-state index contributed by atoms with van der Waals surface area (Å²) in [5, 5.41) is 12.1. The molecule has 1 rings (SSSR count). The molecule has 0 aromatic heterocycles. The van der Waals surface area contributed by atoms with Gasteiger partial charge in [-0.2, -0.15) is 11.8 Å². The molecule has 2 amide bonds. The highest BCUT2D eigenvalue weighted by Gasteiger charge is 2.20. The summed E-state index contributed by atoms with van der Waals surface area (Å²) in [6.45, 7) is 5.95. The van der Waals surface area contributed by atoms with E-state index in [2.05, 4.69) is 12.2 Å². The zero-order chi connectivity index (χ0) is 13.5. The summed E-state index contributed by atoms with van der Waals surface area (Å²) in [5.74, 6) is -0.124. The van der Waals surface area contributed by atoms with Gasteiger partial charge < -0.3 is 15.3 Å². The molecule has 18 heavy (non-hydrogen) atoms. The van der Waals surface area contributed by atoms with E-state index in [-0.39, 0.29) is 11.9 Å². The first-order valence-corrected chi connectivity index (χ1v) is 7.42. The van der Waals surface area contributed by atoms with Gasteiger partial charge in [-0.1, -0.05) is 13.8 Å². The van der Waals surface area contributed by atoms with Crippen molar-refractivity contribution in [1.29, 1.82) is 0 Å². The average molecular weight is 274 g/mol. The van der Waals surface area contributed by atoms with Gasteiger partial charge in [0.25, 0.3) is 0 Å². The molecule has 1 aliphatic heterocycles. The Balaban J connectivity index is 2.15. The Morgan fingerprint density at radius 1 is 1.56 bits per heavy atom. The molecule has 0 aliphatic carbocycles. The summed E-state index contributed by atoms with van der Waals surface area (Å²) < 4.78 is 0. The number of nitrogens with zero attached hydrogens (tertiary/aromatic N) is 1. The van der Waals surface area contributed by atoms with E-state index in [9.17, 15) is 9.59 Å². The molecule has 5 nitrogen and oxygen atoms in total. The van der Waals surface area contributed by atoms with E-state index < -0.39 is 5.97 Å². The van der Waals surface area contributed by atoms with Crippen LogP contribution in [-0.4, -0.2) is 52.6 Å². The average Bonchev–Trinajstić information content (AvgIpc) is 2.33. The molecule has 1 fully saturated rings. The van der Waals surface area contributed by atoms with Gasteiger partial charge in [-0.25, -0.2) is 4.79 Å². The van der Waals surface area contributed by atoms with Crippen molar-refractivity contribution in [2.75, 3.05) is 25.4 Å². The van der Waals surface area contributed by atoms with Gasteiger partial charge in [-0.3, -0.25) is 4.79 Å². The largest absolute Gasteiger partial charge is 0.481 e. The van der Waals surface area contributed by atoms with Gasteiger partial charge in [0, 0.05) is 30.6 Å². The fraction of sp³-hybridized carbons (Fsp3) is 0.833. The summed E-state index contributed by atoms with van der Waals surface area (Å²) in [7, 11) is 0. The molecule has 104 valence electrons. The number of nitrogens with one attached hydrogen (secondary N) is 1. The van der Waals surface area contributed by atoms with Gasteiger partial charge in [-0.15, -0.1) is 0 Å². The number of urea groups is 1. The lowest BCUT2D eigenvalue weighted by molar-refractivity contribution is -0.141. The van der Waals surface area contributed by atoms with Crippen molar-refractivity contribution >= 4 is 23.8 Å². The topological polar surface area (TPSA) is 69.6 Å². The zero-order valence-electron chi connectivity index (χ0n) is 11.0. The molecule has 1 heterocycles. The standard InChI is InChI=1S/C12H22N2O3S/c1-9(11(15)16)4-3-5-13-12(17)14-6-7-18-10(2)8-14/h9-10H,3-8H2,1-2H3,(H,13,17)(H,15,16). The highest BCUT2D eigenvalue weighted by atomic mass is 32.2. The molecule has 0 spiro atoms. The van der Waals surface area contributed by atoms with E-state index in [1.807, 2.05) is 16.7 Å². The van der Waals surface area contributed by atoms with Gasteiger partial charge in [0.05, 0.1) is 5.92 Å². The van der Waals surface area contributed by atoms with E-state index in [4.69, 9.17) is 5.11 Å². The van der Waals surface area contributed by atoms with Gasteiger partial charge in [0.2, 0.25) is 0 Å². The maximum Gasteiger partial charge on any atom is 0.317 e. The maximum atomic E-state index is 11.8. The molecule has 0 aromatic carbocycles. The van der Waals surface area contributed by atoms with Crippen LogP contribution >= 0.6 is 11.8 Å². The summed E-state index contributed by atoms with van der Waals surface area (Å²) in [6.07, 6.45) is 1.30. The summed E-state index contributed by atoms with van der Waals surface area (Å²) >= 11 is 1.89. The molecule has 1 aliphatic rings. The summed E-state index contributed by atoms with van der Waals surface area (Å²) in [6, 6.07) is -0.0230. The van der Waals surface area contributed by atoms with E-state index in [1.54, 1.807) is 6.92 Å². The molecule has 0 saturated carbocycles. The molecular weight excluding hydrogens is 252 g/mol. The highest BCUT2D eigenvalue weighted by Crippen LogP contribution is 2.17. The van der Waals surface area contributed by atoms with Crippen molar-refractivity contribution in [3.05, 3.63) is 0 Å².